The van der Waals surface area contributed by atoms with E-state index in [1.807, 2.05) is 0 Å². The van der Waals surface area contributed by atoms with Crippen molar-refractivity contribution in [1.29, 1.82) is 5.26 Å². The van der Waals surface area contributed by atoms with Crippen LogP contribution in [0.3, 0.4) is 0 Å². The number of hydrogen-bond acceptors (Lipinski definition) is 5. The summed E-state index contributed by atoms with van der Waals surface area (Å²) in [5.74, 6) is -0.202. The van der Waals surface area contributed by atoms with Crippen molar-refractivity contribution in [2.45, 2.75) is 44.1 Å². The molecule has 0 saturated heterocycles. The standard InChI is InChI=1S/C18H22N2O4/c1-23-15-7-5-14(6-8-15)11-17(22)24-12-16(21)20-18(13-19)9-3-2-4-10-18/h5-8H,2-4,9-12H2,1H3,(H,20,21). The highest BCUT2D eigenvalue weighted by atomic mass is 16.5. The summed E-state index contributed by atoms with van der Waals surface area (Å²) in [6.45, 7) is -0.363. The number of rotatable bonds is 6. The predicted octanol–water partition coefficient (Wildman–Crippen LogP) is 2.12. The highest BCUT2D eigenvalue weighted by Gasteiger charge is 2.33. The molecule has 0 radical (unpaired) electrons. The third-order valence-electron chi connectivity index (χ3n) is 4.17. The molecule has 0 aliphatic heterocycles. The fourth-order valence-corrected chi connectivity index (χ4v) is 2.83. The molecule has 0 atom stereocenters. The van der Waals surface area contributed by atoms with Crippen LogP contribution in [0.15, 0.2) is 24.3 Å². The molecule has 6 nitrogen and oxygen atoms in total. The Morgan fingerprint density at radius 1 is 1.21 bits per heavy atom. The van der Waals surface area contributed by atoms with Gasteiger partial charge in [-0.05, 0) is 30.5 Å². The minimum Gasteiger partial charge on any atom is -0.497 e. The third-order valence-corrected chi connectivity index (χ3v) is 4.17. The molecule has 1 aliphatic carbocycles. The van der Waals surface area contributed by atoms with E-state index < -0.39 is 17.4 Å². The summed E-state index contributed by atoms with van der Waals surface area (Å²) in [6.07, 6.45) is 4.30. The summed E-state index contributed by atoms with van der Waals surface area (Å²) in [5.41, 5.74) is -0.0282. The Morgan fingerprint density at radius 2 is 1.88 bits per heavy atom. The van der Waals surface area contributed by atoms with Crippen LogP contribution in [0, 0.1) is 11.3 Å². The summed E-state index contributed by atoms with van der Waals surface area (Å²) in [5, 5.41) is 12.0. The molecule has 0 heterocycles. The van der Waals surface area contributed by atoms with E-state index in [0.717, 1.165) is 24.8 Å². The lowest BCUT2D eigenvalue weighted by atomic mass is 9.83. The van der Waals surface area contributed by atoms with Crippen molar-refractivity contribution in [3.8, 4) is 11.8 Å². The van der Waals surface area contributed by atoms with Gasteiger partial charge in [0.25, 0.3) is 5.91 Å². The molecule has 1 saturated carbocycles. The molecule has 1 N–H and O–H groups in total. The first-order valence-corrected chi connectivity index (χ1v) is 8.08. The Morgan fingerprint density at radius 3 is 2.46 bits per heavy atom. The van der Waals surface area contributed by atoms with Gasteiger partial charge in [0.2, 0.25) is 0 Å². The Labute approximate surface area is 141 Å². The lowest BCUT2D eigenvalue weighted by molar-refractivity contribution is -0.148. The largest absolute Gasteiger partial charge is 0.497 e. The smallest absolute Gasteiger partial charge is 0.310 e. The SMILES string of the molecule is COc1ccc(CC(=O)OCC(=O)NC2(C#N)CCCCC2)cc1. The van der Waals surface area contributed by atoms with Gasteiger partial charge >= 0.3 is 5.97 Å². The third kappa shape index (κ3) is 4.98. The van der Waals surface area contributed by atoms with E-state index >= 15 is 0 Å². The average molecular weight is 330 g/mol. The van der Waals surface area contributed by atoms with Gasteiger partial charge in [0.15, 0.2) is 6.61 Å². The number of hydrogen-bond donors (Lipinski definition) is 1. The summed E-state index contributed by atoms with van der Waals surface area (Å²) in [4.78, 5) is 23.8. The van der Waals surface area contributed by atoms with Gasteiger partial charge in [0.05, 0.1) is 19.6 Å². The zero-order valence-corrected chi connectivity index (χ0v) is 13.8. The molecule has 6 heteroatoms. The first-order chi connectivity index (χ1) is 11.6. The van der Waals surface area contributed by atoms with Crippen molar-refractivity contribution < 1.29 is 19.1 Å². The maximum atomic E-state index is 12.0. The normalized spacial score (nSPS) is 15.8. The molecule has 1 aromatic rings. The summed E-state index contributed by atoms with van der Waals surface area (Å²) >= 11 is 0. The van der Waals surface area contributed by atoms with Crippen LogP contribution in [-0.2, 0) is 20.7 Å². The van der Waals surface area contributed by atoms with E-state index in [9.17, 15) is 14.9 Å². The topological polar surface area (TPSA) is 88.4 Å². The second-order valence-electron chi connectivity index (χ2n) is 5.99. The number of carbonyl (C=O) groups is 2. The van der Waals surface area contributed by atoms with Gasteiger partial charge in [-0.25, -0.2) is 0 Å². The number of esters is 1. The maximum absolute atomic E-state index is 12.0. The minimum atomic E-state index is -0.808. The van der Waals surface area contributed by atoms with E-state index in [2.05, 4.69) is 11.4 Å². The number of nitrogens with one attached hydrogen (secondary N) is 1. The van der Waals surface area contributed by atoms with Crippen molar-refractivity contribution in [3.63, 3.8) is 0 Å². The van der Waals surface area contributed by atoms with Crippen LogP contribution >= 0.6 is 0 Å². The van der Waals surface area contributed by atoms with Crippen molar-refractivity contribution >= 4 is 11.9 Å². The zero-order chi connectivity index (χ0) is 17.4. The second kappa shape index (κ2) is 8.34. The number of nitriles is 1. The Balaban J connectivity index is 1.78. The minimum absolute atomic E-state index is 0.0840. The van der Waals surface area contributed by atoms with Gasteiger partial charge in [-0.15, -0.1) is 0 Å². The number of nitrogens with zero attached hydrogens (tertiary/aromatic N) is 1. The van der Waals surface area contributed by atoms with Crippen LogP contribution in [0.4, 0.5) is 0 Å². The number of amides is 1. The van der Waals surface area contributed by atoms with Crippen molar-refractivity contribution in [3.05, 3.63) is 29.8 Å². The Kier molecular flexibility index (Phi) is 6.19. The first-order valence-electron chi connectivity index (χ1n) is 8.08. The summed E-state index contributed by atoms with van der Waals surface area (Å²) < 4.78 is 10.1. The van der Waals surface area contributed by atoms with Crippen LogP contribution in [0.25, 0.3) is 0 Å². The molecule has 0 bridgehead atoms. The number of benzene rings is 1. The molecule has 0 spiro atoms. The molecule has 0 unspecified atom stereocenters. The maximum Gasteiger partial charge on any atom is 0.310 e. The molecule has 1 amide bonds. The highest BCUT2D eigenvalue weighted by molar-refractivity contribution is 5.82. The van der Waals surface area contributed by atoms with Crippen LogP contribution < -0.4 is 10.1 Å². The van der Waals surface area contributed by atoms with Gasteiger partial charge in [-0.1, -0.05) is 31.4 Å². The Bertz CT molecular complexity index is 613. The molecule has 1 fully saturated rings. The Hall–Kier alpha value is -2.55. The molecule has 1 aromatic carbocycles. The fraction of sp³-hybridized carbons (Fsp3) is 0.500. The van der Waals surface area contributed by atoms with E-state index in [1.54, 1.807) is 31.4 Å². The fourth-order valence-electron chi connectivity index (χ4n) is 2.83. The van der Waals surface area contributed by atoms with Crippen LogP contribution in [0.2, 0.25) is 0 Å². The summed E-state index contributed by atoms with van der Waals surface area (Å²) in [7, 11) is 1.57. The number of ether oxygens (including phenoxy) is 2. The van der Waals surface area contributed by atoms with E-state index in [0.29, 0.717) is 18.6 Å². The number of carbonyl (C=O) groups excluding carboxylic acids is 2. The molecular formula is C18H22N2O4. The van der Waals surface area contributed by atoms with Crippen LogP contribution in [-0.4, -0.2) is 31.1 Å². The highest BCUT2D eigenvalue weighted by Crippen LogP contribution is 2.27. The predicted molar refractivity (Wildman–Crippen MR) is 87.2 cm³/mol. The first kappa shape index (κ1) is 17.8. The van der Waals surface area contributed by atoms with E-state index in [4.69, 9.17) is 9.47 Å². The molecule has 0 aromatic heterocycles. The van der Waals surface area contributed by atoms with Crippen LogP contribution in [0.1, 0.15) is 37.7 Å². The summed E-state index contributed by atoms with van der Waals surface area (Å²) in [6, 6.07) is 9.26. The van der Waals surface area contributed by atoms with Crippen LogP contribution in [0.5, 0.6) is 5.75 Å². The van der Waals surface area contributed by atoms with Gasteiger partial charge in [-0.3, -0.25) is 9.59 Å². The van der Waals surface area contributed by atoms with E-state index in [1.165, 1.54) is 0 Å². The van der Waals surface area contributed by atoms with Crippen molar-refractivity contribution in [2.75, 3.05) is 13.7 Å². The van der Waals surface area contributed by atoms with Gasteiger partial charge < -0.3 is 14.8 Å². The second-order valence-corrected chi connectivity index (χ2v) is 5.99. The molecule has 128 valence electrons. The lowest BCUT2D eigenvalue weighted by Gasteiger charge is -2.31. The van der Waals surface area contributed by atoms with Crippen molar-refractivity contribution in [2.24, 2.45) is 0 Å². The van der Waals surface area contributed by atoms with E-state index in [-0.39, 0.29) is 13.0 Å². The molecule has 1 aliphatic rings. The molecule has 24 heavy (non-hydrogen) atoms. The number of methoxy groups -OCH3 is 1. The lowest BCUT2D eigenvalue weighted by Crippen LogP contribution is -2.50. The average Bonchev–Trinajstić information content (AvgIpc) is 2.61. The van der Waals surface area contributed by atoms with Gasteiger partial charge in [0.1, 0.15) is 11.3 Å². The molecule has 2 rings (SSSR count). The van der Waals surface area contributed by atoms with Gasteiger partial charge in [0, 0.05) is 0 Å². The van der Waals surface area contributed by atoms with Crippen molar-refractivity contribution in [1.82, 2.24) is 5.32 Å². The van der Waals surface area contributed by atoms with Gasteiger partial charge in [-0.2, -0.15) is 5.26 Å². The molecular weight excluding hydrogens is 308 g/mol. The quantitative estimate of drug-likeness (QED) is 0.807. The zero-order valence-electron chi connectivity index (χ0n) is 13.8. The monoisotopic (exact) mass is 330 g/mol.